The number of thiazole rings is 1. The SMILES string of the molecule is Cn1c(C(F)(F)F)cc(=O)n(-c2c(F)cc(Cl)c3nc([S+](C)[O-])sc23)c1=O. The van der Waals surface area contributed by atoms with Crippen molar-refractivity contribution in [2.45, 2.75) is 10.5 Å². The van der Waals surface area contributed by atoms with E-state index in [1.165, 1.54) is 6.26 Å². The summed E-state index contributed by atoms with van der Waals surface area (Å²) in [6.45, 7) is 0. The van der Waals surface area contributed by atoms with Gasteiger partial charge in [0.15, 0.2) is 5.82 Å². The Morgan fingerprint density at radius 2 is 1.93 bits per heavy atom. The topological polar surface area (TPSA) is 79.9 Å². The molecular weight excluding hydrogens is 434 g/mol. The molecule has 0 radical (unpaired) electrons. The van der Waals surface area contributed by atoms with Crippen molar-refractivity contribution >= 4 is 44.3 Å². The van der Waals surface area contributed by atoms with E-state index in [1.807, 2.05) is 0 Å². The second-order valence-electron chi connectivity index (χ2n) is 5.34. The largest absolute Gasteiger partial charge is 0.610 e. The number of aromatic nitrogens is 3. The third-order valence-corrected chi connectivity index (χ3v) is 6.29. The van der Waals surface area contributed by atoms with Crippen molar-refractivity contribution in [2.24, 2.45) is 7.05 Å². The first-order chi connectivity index (χ1) is 12.4. The van der Waals surface area contributed by atoms with Crippen LogP contribution < -0.4 is 11.2 Å². The maximum absolute atomic E-state index is 14.6. The molecule has 2 aromatic heterocycles. The van der Waals surface area contributed by atoms with Gasteiger partial charge in [-0.25, -0.2) is 13.8 Å². The lowest BCUT2D eigenvalue weighted by atomic mass is 10.2. The molecule has 1 aromatic carbocycles. The Morgan fingerprint density at radius 1 is 1.30 bits per heavy atom. The van der Waals surface area contributed by atoms with Crippen molar-refractivity contribution in [3.8, 4) is 5.69 Å². The summed E-state index contributed by atoms with van der Waals surface area (Å²) >= 11 is 5.08. The van der Waals surface area contributed by atoms with Crippen molar-refractivity contribution in [3.63, 3.8) is 0 Å². The molecule has 27 heavy (non-hydrogen) atoms. The van der Waals surface area contributed by atoms with Crippen molar-refractivity contribution in [2.75, 3.05) is 6.26 Å². The summed E-state index contributed by atoms with van der Waals surface area (Å²) in [5, 5.41) is -0.156. The molecule has 0 amide bonds. The number of hydrogen-bond acceptors (Lipinski definition) is 5. The van der Waals surface area contributed by atoms with Crippen LogP contribution in [0.1, 0.15) is 5.69 Å². The summed E-state index contributed by atoms with van der Waals surface area (Å²) < 4.78 is 65.6. The molecule has 0 N–H and O–H groups in total. The van der Waals surface area contributed by atoms with Crippen LogP contribution in [0.3, 0.4) is 0 Å². The summed E-state index contributed by atoms with van der Waals surface area (Å²) in [6.07, 6.45) is -3.64. The molecule has 0 aliphatic carbocycles. The van der Waals surface area contributed by atoms with Crippen LogP contribution in [0.15, 0.2) is 26.1 Å². The molecule has 0 fully saturated rings. The van der Waals surface area contributed by atoms with Crippen LogP contribution in [-0.4, -0.2) is 24.9 Å². The summed E-state index contributed by atoms with van der Waals surface area (Å²) in [4.78, 5) is 28.7. The highest BCUT2D eigenvalue weighted by atomic mass is 35.5. The van der Waals surface area contributed by atoms with Gasteiger partial charge in [0, 0.05) is 24.3 Å². The number of nitrogens with zero attached hydrogens (tertiary/aromatic N) is 3. The lowest BCUT2D eigenvalue weighted by molar-refractivity contribution is -0.144. The van der Waals surface area contributed by atoms with E-state index < -0.39 is 45.8 Å². The summed E-state index contributed by atoms with van der Waals surface area (Å²) in [7, 11) is 0.811. The van der Waals surface area contributed by atoms with E-state index in [0.29, 0.717) is 0 Å². The van der Waals surface area contributed by atoms with Gasteiger partial charge in [0.05, 0.1) is 9.72 Å². The smallest absolute Gasteiger partial charge is 0.431 e. The minimum absolute atomic E-state index is 0.0166. The highest BCUT2D eigenvalue weighted by Crippen LogP contribution is 2.36. The van der Waals surface area contributed by atoms with Gasteiger partial charge in [-0.2, -0.15) is 18.2 Å². The number of fused-ring (bicyclic) bond motifs is 1. The van der Waals surface area contributed by atoms with Gasteiger partial charge in [0.25, 0.3) is 5.56 Å². The Labute approximate surface area is 159 Å². The predicted molar refractivity (Wildman–Crippen MR) is 92.8 cm³/mol. The molecule has 0 aliphatic rings. The molecule has 0 aliphatic heterocycles. The lowest BCUT2D eigenvalue weighted by Gasteiger charge is -2.14. The maximum Gasteiger partial charge on any atom is 0.431 e. The van der Waals surface area contributed by atoms with E-state index >= 15 is 0 Å². The molecular formula is C14H8ClF4N3O3S2. The molecule has 1 atom stereocenters. The highest BCUT2D eigenvalue weighted by molar-refractivity contribution is 7.92. The summed E-state index contributed by atoms with van der Waals surface area (Å²) in [5.41, 5.74) is -4.86. The van der Waals surface area contributed by atoms with Crippen molar-refractivity contribution in [1.82, 2.24) is 14.1 Å². The second-order valence-corrected chi connectivity index (χ2v) is 8.30. The Morgan fingerprint density at radius 3 is 2.48 bits per heavy atom. The van der Waals surface area contributed by atoms with E-state index in [-0.39, 0.29) is 34.8 Å². The Bertz CT molecular complexity index is 1180. The number of halogens is 5. The molecule has 0 saturated heterocycles. The number of hydrogen-bond donors (Lipinski definition) is 0. The summed E-state index contributed by atoms with van der Waals surface area (Å²) in [5.74, 6) is -1.11. The molecule has 144 valence electrons. The van der Waals surface area contributed by atoms with Crippen LogP contribution in [-0.2, 0) is 24.4 Å². The van der Waals surface area contributed by atoms with Crippen LogP contribution in [0, 0.1) is 5.82 Å². The fraction of sp³-hybridized carbons (Fsp3) is 0.214. The number of benzene rings is 1. The van der Waals surface area contributed by atoms with E-state index in [2.05, 4.69) is 4.98 Å². The fourth-order valence-corrected chi connectivity index (χ4v) is 4.49. The number of alkyl halides is 3. The minimum Gasteiger partial charge on any atom is -0.610 e. The molecule has 0 spiro atoms. The monoisotopic (exact) mass is 441 g/mol. The van der Waals surface area contributed by atoms with E-state index in [1.54, 1.807) is 0 Å². The van der Waals surface area contributed by atoms with E-state index in [0.717, 1.165) is 24.5 Å². The first kappa shape index (κ1) is 19.9. The first-order valence-electron chi connectivity index (χ1n) is 6.96. The Hall–Kier alpha value is -1.89. The van der Waals surface area contributed by atoms with Gasteiger partial charge in [-0.05, 0) is 6.07 Å². The molecule has 0 bridgehead atoms. The quantitative estimate of drug-likeness (QED) is 0.452. The molecule has 2 heterocycles. The van der Waals surface area contributed by atoms with E-state index in [4.69, 9.17) is 11.6 Å². The van der Waals surface area contributed by atoms with Gasteiger partial charge in [-0.3, -0.25) is 9.36 Å². The van der Waals surface area contributed by atoms with Crippen molar-refractivity contribution < 1.29 is 22.1 Å². The average Bonchev–Trinajstić information content (AvgIpc) is 2.98. The van der Waals surface area contributed by atoms with Gasteiger partial charge in [-0.15, -0.1) is 0 Å². The minimum atomic E-state index is -4.95. The average molecular weight is 442 g/mol. The first-order valence-corrected chi connectivity index (χ1v) is 9.71. The van der Waals surface area contributed by atoms with Crippen LogP contribution in [0.2, 0.25) is 5.02 Å². The zero-order valence-corrected chi connectivity index (χ0v) is 15.8. The zero-order chi connectivity index (χ0) is 20.3. The van der Waals surface area contributed by atoms with Crippen LogP contribution in [0.5, 0.6) is 0 Å². The lowest BCUT2D eigenvalue weighted by Crippen LogP contribution is -2.41. The second kappa shape index (κ2) is 6.62. The van der Waals surface area contributed by atoms with Gasteiger partial charge < -0.3 is 4.55 Å². The third-order valence-electron chi connectivity index (χ3n) is 3.61. The molecule has 3 aromatic rings. The van der Waals surface area contributed by atoms with Gasteiger partial charge in [-0.1, -0.05) is 22.9 Å². The van der Waals surface area contributed by atoms with Gasteiger partial charge in [0.1, 0.15) is 23.2 Å². The molecule has 0 saturated carbocycles. The normalized spacial score (nSPS) is 13.3. The molecule has 6 nitrogen and oxygen atoms in total. The van der Waals surface area contributed by atoms with Crippen LogP contribution in [0.25, 0.3) is 15.9 Å². The Kier molecular flexibility index (Phi) is 4.87. The van der Waals surface area contributed by atoms with Gasteiger partial charge in [0.2, 0.25) is 0 Å². The molecule has 1 unspecified atom stereocenters. The van der Waals surface area contributed by atoms with Crippen molar-refractivity contribution in [3.05, 3.63) is 49.5 Å². The standard InChI is InChI=1S/C14H8ClF4N3O3S2/c1-21-7(14(17,18)19)4-8(23)22(13(21)24)10-6(16)3-5(15)9-11(10)26-12(20-9)27(2)25/h3-4H,1-2H3. The van der Waals surface area contributed by atoms with Crippen LogP contribution >= 0.6 is 22.9 Å². The zero-order valence-electron chi connectivity index (χ0n) is 13.4. The summed E-state index contributed by atoms with van der Waals surface area (Å²) in [6, 6.07) is 0.978. The third kappa shape index (κ3) is 3.26. The Balaban J connectivity index is 2.45. The van der Waals surface area contributed by atoms with Crippen molar-refractivity contribution in [1.29, 1.82) is 0 Å². The number of rotatable bonds is 2. The highest BCUT2D eigenvalue weighted by Gasteiger charge is 2.35. The van der Waals surface area contributed by atoms with E-state index in [9.17, 15) is 31.7 Å². The predicted octanol–water partition coefficient (Wildman–Crippen LogP) is 2.69. The van der Waals surface area contributed by atoms with Crippen LogP contribution in [0.4, 0.5) is 17.6 Å². The fourth-order valence-electron chi connectivity index (χ4n) is 2.41. The molecule has 3 rings (SSSR count). The maximum atomic E-state index is 14.6. The molecule has 13 heteroatoms. The van der Waals surface area contributed by atoms with Gasteiger partial charge >= 0.3 is 16.2 Å².